The van der Waals surface area contributed by atoms with E-state index >= 15 is 0 Å². The first-order valence-corrected chi connectivity index (χ1v) is 20.8. The van der Waals surface area contributed by atoms with Crippen LogP contribution in [-0.2, 0) is 26.6 Å². The Morgan fingerprint density at radius 3 is 1.62 bits per heavy atom. The molecule has 0 heterocycles. The average Bonchev–Trinajstić information content (AvgIpc) is 2.87. The summed E-state index contributed by atoms with van der Waals surface area (Å²) in [7, 11) is -5.76. The van der Waals surface area contributed by atoms with Gasteiger partial charge in [-0.1, -0.05) is 26.7 Å². The molecule has 0 spiro atoms. The monoisotopic (exact) mass is 582 g/mol. The number of rotatable bonds is 28. The summed E-state index contributed by atoms with van der Waals surface area (Å²) >= 11 is 0. The van der Waals surface area contributed by atoms with E-state index in [9.17, 15) is 0 Å². The highest BCUT2D eigenvalue weighted by molar-refractivity contribution is 6.74. The average molecular weight is 583 g/mol. The highest BCUT2D eigenvalue weighted by Crippen LogP contribution is 2.30. The first-order chi connectivity index (χ1) is 18.0. The fourth-order valence-electron chi connectivity index (χ4n) is 4.86. The van der Waals surface area contributed by atoms with Crippen LogP contribution in [0.3, 0.4) is 0 Å². The van der Waals surface area contributed by atoms with Gasteiger partial charge in [0.1, 0.15) is 0 Å². The smallest absolute Gasteiger partial charge is 0.374 e. The summed E-state index contributed by atoms with van der Waals surface area (Å²) in [6.45, 7) is 24.9. The van der Waals surface area contributed by atoms with Gasteiger partial charge in [-0.25, -0.2) is 0 Å². The second-order valence-electron chi connectivity index (χ2n) is 9.10. The summed E-state index contributed by atoms with van der Waals surface area (Å²) in [4.78, 5) is 2.51. The van der Waals surface area contributed by atoms with Crippen LogP contribution in [0.15, 0.2) is 0 Å². The Balaban J connectivity index is 4.99. The van der Waals surface area contributed by atoms with Crippen LogP contribution in [0.25, 0.3) is 0 Å². The first-order valence-electron chi connectivity index (χ1n) is 15.2. The fourth-order valence-corrected chi connectivity index (χ4v) is 14.5. The first kappa shape index (κ1) is 37.3. The largest absolute Gasteiger partial charge is 0.500 e. The van der Waals surface area contributed by atoms with Crippen molar-refractivity contribution in [1.82, 2.24) is 10.2 Å². The Bertz CT molecular complexity index is 473. The highest BCUT2D eigenvalue weighted by atomic mass is 28.4. The van der Waals surface area contributed by atoms with Crippen LogP contribution in [0.4, 0.5) is 0 Å². The maximum atomic E-state index is 6.36. The lowest BCUT2D eigenvalue weighted by molar-refractivity contribution is 0.0666. The molecule has 0 amide bonds. The summed E-state index contributed by atoms with van der Waals surface area (Å²) in [6.07, 6.45) is 6.91. The van der Waals surface area contributed by atoms with Crippen LogP contribution in [0.2, 0.25) is 11.2 Å². The zero-order valence-corrected chi connectivity index (χ0v) is 29.1. The molecule has 8 nitrogen and oxygen atoms in total. The summed E-state index contributed by atoms with van der Waals surface area (Å²) in [6, 6.07) is 0.850. The van der Waals surface area contributed by atoms with E-state index in [1.165, 1.54) is 25.8 Å². The van der Waals surface area contributed by atoms with Crippen molar-refractivity contribution >= 4 is 27.1 Å². The van der Waals surface area contributed by atoms with Crippen LogP contribution >= 0.6 is 0 Å². The Hall–Kier alpha value is 0.331. The van der Waals surface area contributed by atoms with Crippen molar-refractivity contribution in [3.63, 3.8) is 0 Å². The molecule has 0 aromatic rings. The molecule has 0 saturated carbocycles. The van der Waals surface area contributed by atoms with Crippen LogP contribution in [0.5, 0.6) is 0 Å². The molecule has 0 fully saturated rings. The fraction of sp³-hybridized carbons (Fsp3) is 1.00. The lowest BCUT2D eigenvalue weighted by atomic mass is 10.2. The molecule has 37 heavy (non-hydrogen) atoms. The van der Waals surface area contributed by atoms with E-state index < -0.39 is 27.1 Å². The van der Waals surface area contributed by atoms with Gasteiger partial charge < -0.3 is 36.8 Å². The zero-order chi connectivity index (χ0) is 27.8. The van der Waals surface area contributed by atoms with Crippen molar-refractivity contribution in [2.45, 2.75) is 98.7 Å². The van der Waals surface area contributed by atoms with Crippen molar-refractivity contribution in [2.75, 3.05) is 72.0 Å². The van der Waals surface area contributed by atoms with Gasteiger partial charge in [0.25, 0.3) is 0 Å². The Kier molecular flexibility index (Phi) is 24.4. The van der Waals surface area contributed by atoms with Gasteiger partial charge in [0.05, 0.1) is 0 Å². The zero-order valence-electron chi connectivity index (χ0n) is 25.7. The van der Waals surface area contributed by atoms with Gasteiger partial charge in [-0.3, -0.25) is 0 Å². The Morgan fingerprint density at radius 1 is 0.649 bits per heavy atom. The van der Waals surface area contributed by atoms with Crippen molar-refractivity contribution in [3.8, 4) is 0 Å². The summed E-state index contributed by atoms with van der Waals surface area (Å²) in [5.74, 6) is 0. The van der Waals surface area contributed by atoms with Crippen LogP contribution < -0.4 is 5.32 Å². The standard InChI is InChI=1S/C26H62N2O6Si3/c1-9-28(10-2)23-19-17-18-21-26(37(32-14-6,33-15-7)34-16-8)35-25-27-22-20-24-36(29-11-3,30-12-4)31-13-5/h26-27H,9-25,35H2,1-8H3. The molecule has 0 rings (SSSR count). The molecule has 0 aliphatic rings. The maximum Gasteiger partial charge on any atom is 0.500 e. The summed E-state index contributed by atoms with van der Waals surface area (Å²) in [5.41, 5.74) is 0. The van der Waals surface area contributed by atoms with E-state index in [2.05, 4.69) is 44.8 Å². The molecule has 1 unspecified atom stereocenters. The van der Waals surface area contributed by atoms with Crippen molar-refractivity contribution in [2.24, 2.45) is 0 Å². The minimum Gasteiger partial charge on any atom is -0.374 e. The molecule has 0 aliphatic carbocycles. The third-order valence-electron chi connectivity index (χ3n) is 6.56. The topological polar surface area (TPSA) is 70.7 Å². The van der Waals surface area contributed by atoms with Gasteiger partial charge in [0, 0.05) is 60.4 Å². The second kappa shape index (κ2) is 24.2. The Labute approximate surface area is 234 Å². The van der Waals surface area contributed by atoms with Gasteiger partial charge in [0.15, 0.2) is 0 Å². The molecule has 1 atom stereocenters. The van der Waals surface area contributed by atoms with E-state index in [1.54, 1.807) is 0 Å². The minimum atomic E-state index is -2.69. The molecule has 0 aromatic carbocycles. The van der Waals surface area contributed by atoms with Crippen LogP contribution in [0, 0.1) is 0 Å². The van der Waals surface area contributed by atoms with E-state index in [0.29, 0.717) is 44.8 Å². The lowest BCUT2D eigenvalue weighted by Crippen LogP contribution is -2.53. The number of unbranched alkanes of at least 4 members (excludes halogenated alkanes) is 2. The number of nitrogens with zero attached hydrogens (tertiary/aromatic N) is 1. The molecule has 0 bridgehead atoms. The molecule has 11 heteroatoms. The predicted molar refractivity (Wildman–Crippen MR) is 162 cm³/mol. The van der Waals surface area contributed by atoms with Gasteiger partial charge in [-0.2, -0.15) is 0 Å². The van der Waals surface area contributed by atoms with Crippen molar-refractivity contribution in [3.05, 3.63) is 0 Å². The number of hydrogen-bond donors (Lipinski definition) is 1. The molecule has 0 radical (unpaired) electrons. The maximum absolute atomic E-state index is 6.36. The predicted octanol–water partition coefficient (Wildman–Crippen LogP) is 4.42. The lowest BCUT2D eigenvalue weighted by Gasteiger charge is -2.35. The molecule has 0 saturated heterocycles. The third kappa shape index (κ3) is 15.6. The van der Waals surface area contributed by atoms with Gasteiger partial charge in [-0.05, 0) is 93.2 Å². The number of nitrogens with one attached hydrogen (secondary N) is 1. The highest BCUT2D eigenvalue weighted by Gasteiger charge is 2.48. The Morgan fingerprint density at radius 2 is 1.16 bits per heavy atom. The molecular formula is C26H62N2O6Si3. The minimum absolute atomic E-state index is 0.442. The normalized spacial score (nSPS) is 13.9. The van der Waals surface area contributed by atoms with E-state index in [0.717, 1.165) is 44.7 Å². The van der Waals surface area contributed by atoms with Crippen LogP contribution in [-0.4, -0.2) is 104 Å². The quantitative estimate of drug-likeness (QED) is 0.107. The van der Waals surface area contributed by atoms with Crippen molar-refractivity contribution in [1.29, 1.82) is 0 Å². The summed E-state index contributed by atoms with van der Waals surface area (Å²) in [5, 5.41) is 4.15. The molecule has 1 N–H and O–H groups in total. The van der Waals surface area contributed by atoms with Gasteiger partial charge >= 0.3 is 17.6 Å². The number of hydrogen-bond acceptors (Lipinski definition) is 8. The van der Waals surface area contributed by atoms with Crippen LogP contribution in [0.1, 0.15) is 87.5 Å². The van der Waals surface area contributed by atoms with E-state index in [-0.39, 0.29) is 0 Å². The molecule has 0 aromatic heterocycles. The van der Waals surface area contributed by atoms with E-state index in [4.69, 9.17) is 26.6 Å². The molecular weight excluding hydrogens is 521 g/mol. The van der Waals surface area contributed by atoms with Gasteiger partial charge in [0.2, 0.25) is 0 Å². The van der Waals surface area contributed by atoms with Crippen molar-refractivity contribution < 1.29 is 26.6 Å². The molecule has 224 valence electrons. The second-order valence-corrected chi connectivity index (χ2v) is 17.6. The SMILES string of the molecule is CCO[Si](CCCNC[SiH2]C(CCCCCN(CC)CC)[Si](OCC)(OCC)OCC)(OCC)OCC. The summed E-state index contributed by atoms with van der Waals surface area (Å²) < 4.78 is 37.1. The van der Waals surface area contributed by atoms with E-state index in [1.807, 2.05) is 20.8 Å². The molecule has 0 aliphatic heterocycles. The third-order valence-corrected chi connectivity index (χ3v) is 17.2. The van der Waals surface area contributed by atoms with Gasteiger partial charge in [-0.15, -0.1) is 0 Å².